The molecule has 0 amide bonds. The molecule has 1 aliphatic rings. The first-order chi connectivity index (χ1) is 13.5. The Morgan fingerprint density at radius 3 is 2.32 bits per heavy atom. The molecule has 3 rings (SSSR count). The first-order valence-electron chi connectivity index (χ1n) is 10.9. The van der Waals surface area contributed by atoms with Gasteiger partial charge in [0, 0.05) is 11.3 Å². The third-order valence-corrected chi connectivity index (χ3v) is 10.8. The van der Waals surface area contributed by atoms with E-state index in [4.69, 9.17) is 9.16 Å². The highest BCUT2D eigenvalue weighted by Crippen LogP contribution is 2.37. The van der Waals surface area contributed by atoms with Gasteiger partial charge in [-0.05, 0) is 47.9 Å². The van der Waals surface area contributed by atoms with Gasteiger partial charge in [-0.2, -0.15) is 0 Å². The van der Waals surface area contributed by atoms with Crippen molar-refractivity contribution in [1.82, 2.24) is 0 Å². The second kappa shape index (κ2) is 9.28. The van der Waals surface area contributed by atoms with Gasteiger partial charge in [-0.3, -0.25) is 0 Å². The van der Waals surface area contributed by atoms with Gasteiger partial charge in [0.05, 0.1) is 7.11 Å². The second-order valence-corrected chi connectivity index (χ2v) is 12.4. The summed E-state index contributed by atoms with van der Waals surface area (Å²) >= 11 is 0. The molecule has 3 heteroatoms. The van der Waals surface area contributed by atoms with Gasteiger partial charge in [-0.25, -0.2) is 0 Å². The molecule has 0 bridgehead atoms. The van der Waals surface area contributed by atoms with E-state index in [1.807, 2.05) is 0 Å². The lowest BCUT2D eigenvalue weighted by Gasteiger charge is -2.43. The van der Waals surface area contributed by atoms with Crippen molar-refractivity contribution >= 4 is 18.7 Å². The van der Waals surface area contributed by atoms with Crippen molar-refractivity contribution in [2.45, 2.75) is 59.1 Å². The summed E-state index contributed by atoms with van der Waals surface area (Å²) in [7, 11) is -0.641. The van der Waals surface area contributed by atoms with E-state index >= 15 is 0 Å². The van der Waals surface area contributed by atoms with Crippen LogP contribution in [-0.4, -0.2) is 21.5 Å². The molecule has 0 aromatic heterocycles. The molecule has 1 fully saturated rings. The summed E-state index contributed by atoms with van der Waals surface area (Å²) in [5.41, 5.74) is 0. The highest BCUT2D eigenvalue weighted by molar-refractivity contribution is 6.98. The Bertz CT molecular complexity index is 745. The lowest BCUT2D eigenvalue weighted by Crippen LogP contribution is -2.63. The Balaban J connectivity index is 2.11. The third kappa shape index (κ3) is 4.21. The molecular weight excluding hydrogens is 360 g/mol. The van der Waals surface area contributed by atoms with Gasteiger partial charge in [0.1, 0.15) is 5.75 Å². The number of ether oxygens (including phenoxy) is 1. The van der Waals surface area contributed by atoms with Gasteiger partial charge in [0.2, 0.25) is 0 Å². The summed E-state index contributed by atoms with van der Waals surface area (Å²) in [6.45, 7) is 9.39. The fourth-order valence-electron chi connectivity index (χ4n) is 4.96. The number of methoxy groups -OCH3 is 1. The van der Waals surface area contributed by atoms with Crippen LogP contribution in [0.5, 0.6) is 5.75 Å². The minimum absolute atomic E-state index is 0.320. The molecule has 0 saturated heterocycles. The summed E-state index contributed by atoms with van der Waals surface area (Å²) in [4.78, 5) is 0. The minimum atomic E-state index is -2.42. The average Bonchev–Trinajstić information content (AvgIpc) is 2.72. The van der Waals surface area contributed by atoms with Crippen LogP contribution in [0.25, 0.3) is 0 Å². The zero-order valence-electron chi connectivity index (χ0n) is 18.2. The lowest BCUT2D eigenvalue weighted by molar-refractivity contribution is 0.0420. The normalized spacial score (nSPS) is 24.7. The van der Waals surface area contributed by atoms with E-state index in [1.165, 1.54) is 29.6 Å². The second-order valence-electron chi connectivity index (χ2n) is 8.73. The standard InChI is InChI=1S/C25H36O2Si/c1-6-28(21-12-8-7-9-13-21,25-15-11-10-14-23(25)26-5)27-24-18-20(4)16-17-22(24)19(2)3/h7-15,19-20,22,24H,6,16-18H2,1-5H3/t20-,22+,24-,28?/m0/s1. The molecular formula is C25H36O2Si. The quantitative estimate of drug-likeness (QED) is 0.595. The molecule has 1 unspecified atom stereocenters. The predicted molar refractivity (Wildman–Crippen MR) is 121 cm³/mol. The first-order valence-corrected chi connectivity index (χ1v) is 13.0. The highest BCUT2D eigenvalue weighted by Gasteiger charge is 2.45. The molecule has 0 heterocycles. The zero-order chi connectivity index (χ0) is 20.1. The van der Waals surface area contributed by atoms with Crippen LogP contribution in [-0.2, 0) is 4.43 Å². The van der Waals surface area contributed by atoms with E-state index in [9.17, 15) is 0 Å². The summed E-state index contributed by atoms with van der Waals surface area (Å²) in [6, 6.07) is 20.4. The topological polar surface area (TPSA) is 18.5 Å². The molecule has 28 heavy (non-hydrogen) atoms. The maximum atomic E-state index is 7.35. The van der Waals surface area contributed by atoms with Crippen molar-refractivity contribution in [2.75, 3.05) is 7.11 Å². The number of hydrogen-bond donors (Lipinski definition) is 0. The monoisotopic (exact) mass is 396 g/mol. The maximum absolute atomic E-state index is 7.35. The van der Waals surface area contributed by atoms with E-state index in [-0.39, 0.29) is 0 Å². The maximum Gasteiger partial charge on any atom is 0.259 e. The fraction of sp³-hybridized carbons (Fsp3) is 0.520. The zero-order valence-corrected chi connectivity index (χ0v) is 19.2. The Morgan fingerprint density at radius 2 is 1.68 bits per heavy atom. The number of rotatable bonds is 7. The van der Waals surface area contributed by atoms with E-state index in [2.05, 4.69) is 82.3 Å². The molecule has 4 atom stereocenters. The summed E-state index contributed by atoms with van der Waals surface area (Å²) in [5.74, 6) is 2.98. The van der Waals surface area contributed by atoms with Gasteiger partial charge in [0.15, 0.2) is 0 Å². The van der Waals surface area contributed by atoms with E-state index < -0.39 is 8.32 Å². The Kier molecular flexibility index (Phi) is 7.00. The summed E-state index contributed by atoms with van der Waals surface area (Å²) < 4.78 is 13.2. The van der Waals surface area contributed by atoms with Crippen molar-refractivity contribution in [2.24, 2.45) is 17.8 Å². The molecule has 2 aromatic carbocycles. The van der Waals surface area contributed by atoms with Crippen molar-refractivity contribution < 1.29 is 9.16 Å². The van der Waals surface area contributed by atoms with Gasteiger partial charge in [-0.15, -0.1) is 0 Å². The Hall–Kier alpha value is -1.58. The molecule has 0 N–H and O–H groups in total. The van der Waals surface area contributed by atoms with E-state index in [0.717, 1.165) is 17.7 Å². The van der Waals surface area contributed by atoms with Gasteiger partial charge < -0.3 is 9.16 Å². The number of para-hydroxylation sites is 1. The van der Waals surface area contributed by atoms with Crippen molar-refractivity contribution in [3.8, 4) is 5.75 Å². The van der Waals surface area contributed by atoms with Crippen LogP contribution in [0, 0.1) is 17.8 Å². The third-order valence-electron chi connectivity index (χ3n) is 6.59. The smallest absolute Gasteiger partial charge is 0.259 e. The Labute approximate surface area is 172 Å². The molecule has 1 saturated carbocycles. The van der Waals surface area contributed by atoms with Crippen LogP contribution in [0.4, 0.5) is 0 Å². The first kappa shape index (κ1) is 21.1. The summed E-state index contributed by atoms with van der Waals surface area (Å²) in [5, 5.41) is 2.62. The van der Waals surface area contributed by atoms with Crippen LogP contribution in [0.15, 0.2) is 54.6 Å². The van der Waals surface area contributed by atoms with Gasteiger partial charge in [-0.1, -0.05) is 82.6 Å². The Morgan fingerprint density at radius 1 is 1.00 bits per heavy atom. The molecule has 2 aromatic rings. The molecule has 2 nitrogen and oxygen atoms in total. The van der Waals surface area contributed by atoms with E-state index in [0.29, 0.717) is 17.9 Å². The predicted octanol–water partition coefficient (Wildman–Crippen LogP) is 5.25. The van der Waals surface area contributed by atoms with Crippen LogP contribution in [0.3, 0.4) is 0 Å². The number of hydrogen-bond acceptors (Lipinski definition) is 2. The van der Waals surface area contributed by atoms with Crippen LogP contribution in [0.2, 0.25) is 6.04 Å². The van der Waals surface area contributed by atoms with Gasteiger partial charge >= 0.3 is 0 Å². The average molecular weight is 397 g/mol. The largest absolute Gasteiger partial charge is 0.497 e. The molecule has 0 spiro atoms. The molecule has 1 aliphatic carbocycles. The van der Waals surface area contributed by atoms with Crippen LogP contribution < -0.4 is 15.1 Å². The van der Waals surface area contributed by atoms with Crippen LogP contribution in [0.1, 0.15) is 47.0 Å². The minimum Gasteiger partial charge on any atom is -0.497 e. The van der Waals surface area contributed by atoms with Crippen LogP contribution >= 0.6 is 0 Å². The lowest BCUT2D eigenvalue weighted by atomic mass is 9.75. The number of benzene rings is 2. The molecule has 152 valence electrons. The fourth-order valence-corrected chi connectivity index (χ4v) is 8.96. The van der Waals surface area contributed by atoms with Crippen molar-refractivity contribution in [3.05, 3.63) is 54.6 Å². The SMILES string of the molecule is CC[Si](O[C@H]1C[C@@H](C)CC[C@@H]1C(C)C)(c1ccccc1)c1ccccc1OC. The van der Waals surface area contributed by atoms with Gasteiger partial charge in [0.25, 0.3) is 8.32 Å². The highest BCUT2D eigenvalue weighted by atomic mass is 28.4. The summed E-state index contributed by atoms with van der Waals surface area (Å²) in [6.07, 6.45) is 4.09. The van der Waals surface area contributed by atoms with E-state index in [1.54, 1.807) is 7.11 Å². The van der Waals surface area contributed by atoms with Crippen molar-refractivity contribution in [3.63, 3.8) is 0 Å². The molecule has 0 radical (unpaired) electrons. The molecule has 0 aliphatic heterocycles. The van der Waals surface area contributed by atoms with Crippen molar-refractivity contribution in [1.29, 1.82) is 0 Å².